The van der Waals surface area contributed by atoms with Crippen molar-refractivity contribution in [3.05, 3.63) is 29.8 Å². The van der Waals surface area contributed by atoms with E-state index in [4.69, 9.17) is 4.74 Å². The minimum atomic E-state index is -1.01. The van der Waals surface area contributed by atoms with Crippen molar-refractivity contribution in [3.63, 3.8) is 0 Å². The third kappa shape index (κ3) is 8.75. The van der Waals surface area contributed by atoms with Gasteiger partial charge in [0.2, 0.25) is 11.8 Å². The number of aromatic hydroxyl groups is 1. The molecule has 3 unspecified atom stereocenters. The molecule has 0 saturated carbocycles. The number of hydrogen-bond acceptors (Lipinski definition) is 5. The number of rotatable bonds is 10. The average Bonchev–Trinajstić information content (AvgIpc) is 2.72. The second kappa shape index (κ2) is 12.3. The molecule has 3 N–H and O–H groups in total. The number of ether oxygens (including phenoxy) is 1. The Morgan fingerprint density at radius 2 is 1.63 bits per heavy atom. The Bertz CT molecular complexity index is 876. The monoisotopic (exact) mass is 491 g/mol. The molecule has 35 heavy (non-hydrogen) atoms. The first-order valence-electron chi connectivity index (χ1n) is 12.5. The smallest absolute Gasteiger partial charge is 0.408 e. The first-order chi connectivity index (χ1) is 16.0. The molecule has 0 aromatic heterocycles. The van der Waals surface area contributed by atoms with E-state index < -0.39 is 29.3 Å². The topological polar surface area (TPSA) is 108 Å². The Hall–Kier alpha value is -2.77. The van der Waals surface area contributed by atoms with Crippen molar-refractivity contribution in [2.75, 3.05) is 0 Å². The Morgan fingerprint density at radius 3 is 2.09 bits per heavy atom. The fraction of sp³-hybridized carbons (Fsp3) is 0.667. The summed E-state index contributed by atoms with van der Waals surface area (Å²) in [5.74, 6) is -0.968. The lowest BCUT2D eigenvalue weighted by Crippen LogP contribution is -2.61. The number of alkyl carbamates (subject to hydrolysis) is 1. The largest absolute Gasteiger partial charge is 0.508 e. The molecule has 198 valence electrons. The number of nitrogens with one attached hydrogen (secondary N) is 2. The zero-order chi connectivity index (χ0) is 27.1. The highest BCUT2D eigenvalue weighted by Gasteiger charge is 2.44. The summed E-state index contributed by atoms with van der Waals surface area (Å²) < 4.78 is 5.43. The van der Waals surface area contributed by atoms with Crippen LogP contribution in [0, 0.1) is 5.92 Å². The van der Waals surface area contributed by atoms with Gasteiger partial charge in [-0.25, -0.2) is 4.79 Å². The zero-order valence-corrected chi connectivity index (χ0v) is 23.1. The molecular weight excluding hydrogens is 446 g/mol. The summed E-state index contributed by atoms with van der Waals surface area (Å²) in [5.41, 5.74) is -0.988. The molecule has 1 rings (SSSR count). The van der Waals surface area contributed by atoms with Crippen LogP contribution in [-0.2, 0) is 14.3 Å². The lowest BCUT2D eigenvalue weighted by molar-refractivity contribution is -0.150. The van der Waals surface area contributed by atoms with E-state index in [0.29, 0.717) is 18.4 Å². The molecule has 0 heterocycles. The summed E-state index contributed by atoms with van der Waals surface area (Å²) in [4.78, 5) is 42.0. The third-order valence-corrected chi connectivity index (χ3v) is 6.03. The Labute approximate surface area is 210 Å². The number of hydrogen-bond donors (Lipinski definition) is 3. The van der Waals surface area contributed by atoms with Crippen LogP contribution in [-0.4, -0.2) is 51.1 Å². The van der Waals surface area contributed by atoms with Crippen LogP contribution in [0.1, 0.15) is 93.7 Å². The predicted octanol–water partition coefficient (Wildman–Crippen LogP) is 4.91. The maximum Gasteiger partial charge on any atom is 0.408 e. The second-order valence-corrected chi connectivity index (χ2v) is 11.0. The normalized spacial score (nSPS) is 14.6. The van der Waals surface area contributed by atoms with Gasteiger partial charge in [-0.2, -0.15) is 0 Å². The second-order valence-electron chi connectivity index (χ2n) is 11.0. The van der Waals surface area contributed by atoms with Crippen molar-refractivity contribution < 1.29 is 24.2 Å². The molecule has 0 aliphatic heterocycles. The van der Waals surface area contributed by atoms with Crippen LogP contribution in [0.5, 0.6) is 5.75 Å². The van der Waals surface area contributed by atoms with E-state index in [1.54, 1.807) is 37.8 Å². The fourth-order valence-electron chi connectivity index (χ4n) is 3.69. The number of phenolic OH excluding ortho intramolecular Hbond substituents is 1. The van der Waals surface area contributed by atoms with E-state index in [1.165, 1.54) is 12.1 Å². The van der Waals surface area contributed by atoms with E-state index in [2.05, 4.69) is 10.6 Å². The van der Waals surface area contributed by atoms with Crippen molar-refractivity contribution >= 4 is 17.9 Å². The van der Waals surface area contributed by atoms with Crippen LogP contribution < -0.4 is 10.6 Å². The number of amides is 3. The quantitative estimate of drug-likeness (QED) is 0.431. The van der Waals surface area contributed by atoms with Gasteiger partial charge < -0.3 is 25.4 Å². The summed E-state index contributed by atoms with van der Waals surface area (Å²) in [5, 5.41) is 15.8. The van der Waals surface area contributed by atoms with Crippen LogP contribution in [0.25, 0.3) is 0 Å². The molecule has 0 aliphatic carbocycles. The van der Waals surface area contributed by atoms with Gasteiger partial charge in [-0.1, -0.05) is 39.3 Å². The van der Waals surface area contributed by atoms with Crippen LogP contribution in [0.2, 0.25) is 0 Å². The van der Waals surface area contributed by atoms with Gasteiger partial charge in [0.25, 0.3) is 0 Å². The highest BCUT2D eigenvalue weighted by atomic mass is 16.6. The summed E-state index contributed by atoms with van der Waals surface area (Å²) >= 11 is 0. The van der Waals surface area contributed by atoms with Gasteiger partial charge in [0.05, 0.1) is 0 Å². The molecular formula is C27H45N3O5. The average molecular weight is 492 g/mol. The minimum absolute atomic E-state index is 0.00286. The van der Waals surface area contributed by atoms with Gasteiger partial charge in [0.1, 0.15) is 23.4 Å². The van der Waals surface area contributed by atoms with E-state index in [0.717, 1.165) is 0 Å². The molecule has 0 saturated heterocycles. The first-order valence-corrected chi connectivity index (χ1v) is 12.5. The molecule has 1 aromatic rings. The molecule has 0 radical (unpaired) electrons. The zero-order valence-electron chi connectivity index (χ0n) is 23.1. The molecule has 0 spiro atoms. The van der Waals surface area contributed by atoms with E-state index in [-0.39, 0.29) is 29.5 Å². The summed E-state index contributed by atoms with van der Waals surface area (Å²) in [7, 11) is 0. The first kappa shape index (κ1) is 30.3. The number of carbonyl (C=O) groups is 3. The Balaban J connectivity index is 3.66. The van der Waals surface area contributed by atoms with Crippen LogP contribution in [0.15, 0.2) is 24.3 Å². The molecule has 0 aliphatic rings. The standard InChI is InChI=1S/C27H45N3O5/c1-11-18(5)21(29-25(34)35-26(6,7)8)24(33)30(27(9,10)12-2)22(23(32)28-17(3)4)19-14-13-15-20(31)16-19/h13-18,21-22,31H,11-12H2,1-10H3,(H,28,32)(H,29,34). The molecule has 0 fully saturated rings. The number of benzene rings is 1. The maximum absolute atomic E-state index is 14.3. The van der Waals surface area contributed by atoms with Gasteiger partial charge in [-0.3, -0.25) is 9.59 Å². The third-order valence-electron chi connectivity index (χ3n) is 6.03. The van der Waals surface area contributed by atoms with Crippen LogP contribution >= 0.6 is 0 Å². The fourth-order valence-corrected chi connectivity index (χ4v) is 3.69. The van der Waals surface area contributed by atoms with Gasteiger partial charge in [-0.05, 0) is 78.5 Å². The van der Waals surface area contributed by atoms with Crippen molar-refractivity contribution in [2.24, 2.45) is 5.92 Å². The maximum atomic E-state index is 14.3. The number of phenols is 1. The molecule has 3 atom stereocenters. The van der Waals surface area contributed by atoms with Gasteiger partial charge in [0.15, 0.2) is 0 Å². The van der Waals surface area contributed by atoms with E-state index >= 15 is 0 Å². The van der Waals surface area contributed by atoms with Crippen molar-refractivity contribution in [1.82, 2.24) is 15.5 Å². The van der Waals surface area contributed by atoms with Gasteiger partial charge >= 0.3 is 6.09 Å². The molecule has 8 nitrogen and oxygen atoms in total. The molecule has 8 heteroatoms. The number of nitrogens with zero attached hydrogens (tertiary/aromatic N) is 1. The van der Waals surface area contributed by atoms with Crippen LogP contribution in [0.3, 0.4) is 0 Å². The lowest BCUT2D eigenvalue weighted by atomic mass is 9.89. The number of carbonyl (C=O) groups excluding carboxylic acids is 3. The van der Waals surface area contributed by atoms with Gasteiger partial charge in [-0.15, -0.1) is 0 Å². The molecule has 1 aromatic carbocycles. The van der Waals surface area contributed by atoms with Gasteiger partial charge in [0, 0.05) is 11.6 Å². The van der Waals surface area contributed by atoms with E-state index in [9.17, 15) is 19.5 Å². The highest BCUT2D eigenvalue weighted by Crippen LogP contribution is 2.34. The Kier molecular flexibility index (Phi) is 10.6. The van der Waals surface area contributed by atoms with Crippen molar-refractivity contribution in [1.29, 1.82) is 0 Å². The molecule has 3 amide bonds. The summed E-state index contributed by atoms with van der Waals surface area (Å²) in [6.45, 7) is 18.5. The lowest BCUT2D eigenvalue weighted by Gasteiger charge is -2.45. The SMILES string of the molecule is CCC(C)C(NC(=O)OC(C)(C)C)C(=O)N(C(C(=O)NC(C)C)c1cccc(O)c1)C(C)(C)CC. The molecule has 0 bridgehead atoms. The van der Waals surface area contributed by atoms with Crippen molar-refractivity contribution in [3.8, 4) is 5.75 Å². The Morgan fingerprint density at radius 1 is 1.03 bits per heavy atom. The van der Waals surface area contributed by atoms with Crippen molar-refractivity contribution in [2.45, 2.75) is 111 Å². The van der Waals surface area contributed by atoms with E-state index in [1.807, 2.05) is 48.5 Å². The predicted molar refractivity (Wildman–Crippen MR) is 138 cm³/mol. The highest BCUT2D eigenvalue weighted by molar-refractivity contribution is 5.93. The minimum Gasteiger partial charge on any atom is -0.508 e. The summed E-state index contributed by atoms with van der Waals surface area (Å²) in [6, 6.07) is 4.30. The summed E-state index contributed by atoms with van der Waals surface area (Å²) in [6.07, 6.45) is 0.496. The van der Waals surface area contributed by atoms with Crippen LogP contribution in [0.4, 0.5) is 4.79 Å².